The molecule has 4 rings (SSSR count). The third-order valence-corrected chi connectivity index (χ3v) is 5.17. The Bertz CT molecular complexity index is 1020. The Hall–Kier alpha value is -2.87. The van der Waals surface area contributed by atoms with E-state index in [9.17, 15) is 13.6 Å². The van der Waals surface area contributed by atoms with E-state index in [0.29, 0.717) is 41.6 Å². The zero-order valence-corrected chi connectivity index (χ0v) is 15.3. The summed E-state index contributed by atoms with van der Waals surface area (Å²) in [6.45, 7) is 3.23. The van der Waals surface area contributed by atoms with Crippen LogP contribution < -0.4 is 10.6 Å². The Morgan fingerprint density at radius 3 is 2.96 bits per heavy atom. The number of nitrogens with one attached hydrogen (secondary N) is 2. The predicted molar refractivity (Wildman–Crippen MR) is 99.0 cm³/mol. The van der Waals surface area contributed by atoms with Crippen LogP contribution in [0.2, 0.25) is 0 Å². The number of pyridine rings is 1. The number of aromatic nitrogens is 2. The highest BCUT2D eigenvalue weighted by Gasteiger charge is 2.29. The van der Waals surface area contributed by atoms with Crippen molar-refractivity contribution in [2.24, 2.45) is 0 Å². The minimum atomic E-state index is -0.879. The van der Waals surface area contributed by atoms with Crippen molar-refractivity contribution in [3.8, 4) is 0 Å². The smallest absolute Gasteiger partial charge is 0.257 e. The normalized spacial score (nSPS) is 19.7. The summed E-state index contributed by atoms with van der Waals surface area (Å²) in [6, 6.07) is 5.38. The molecule has 0 saturated carbocycles. The molecule has 0 bridgehead atoms. The Morgan fingerprint density at radius 2 is 2.18 bits per heavy atom. The molecule has 3 aromatic rings. The molecule has 1 aliphatic rings. The molecule has 146 valence electrons. The lowest BCUT2D eigenvalue weighted by molar-refractivity contribution is 0.0924. The van der Waals surface area contributed by atoms with Crippen LogP contribution in [0.25, 0.3) is 11.1 Å². The first-order chi connectivity index (χ1) is 13.6. The molecule has 8 heteroatoms. The van der Waals surface area contributed by atoms with E-state index >= 15 is 0 Å². The second-order valence-electron chi connectivity index (χ2n) is 6.91. The summed E-state index contributed by atoms with van der Waals surface area (Å²) in [5.74, 6) is -2.15. The molecule has 2 aromatic heterocycles. The fourth-order valence-corrected chi connectivity index (χ4v) is 3.66. The third kappa shape index (κ3) is 3.47. The first-order valence-corrected chi connectivity index (χ1v) is 9.27. The fraction of sp³-hybridized carbons (Fsp3) is 0.350. The second kappa shape index (κ2) is 7.63. The lowest BCUT2D eigenvalue weighted by Crippen LogP contribution is -2.50. The van der Waals surface area contributed by atoms with Crippen LogP contribution in [0.1, 0.15) is 40.9 Å². The van der Waals surface area contributed by atoms with Gasteiger partial charge in [-0.3, -0.25) is 4.79 Å². The third-order valence-electron chi connectivity index (χ3n) is 5.17. The maximum absolute atomic E-state index is 13.7. The largest absolute Gasteiger partial charge is 0.347 e. The minimum Gasteiger partial charge on any atom is -0.347 e. The SMILES string of the molecule is CCc1noc2ncc(C(=O)NC3CNCCC3c3ccc(F)c(F)c3)cc12. The Morgan fingerprint density at radius 1 is 1.32 bits per heavy atom. The van der Waals surface area contributed by atoms with Crippen molar-refractivity contribution in [3.63, 3.8) is 0 Å². The van der Waals surface area contributed by atoms with E-state index < -0.39 is 11.6 Å². The van der Waals surface area contributed by atoms with Crippen LogP contribution in [0, 0.1) is 11.6 Å². The van der Waals surface area contributed by atoms with Crippen LogP contribution >= 0.6 is 0 Å². The van der Waals surface area contributed by atoms with Gasteiger partial charge >= 0.3 is 0 Å². The van der Waals surface area contributed by atoms with E-state index in [-0.39, 0.29) is 17.9 Å². The molecule has 2 N–H and O–H groups in total. The zero-order valence-electron chi connectivity index (χ0n) is 15.3. The van der Waals surface area contributed by atoms with Crippen LogP contribution in [0.3, 0.4) is 0 Å². The molecule has 1 amide bonds. The Labute approximate surface area is 160 Å². The number of nitrogens with zero attached hydrogens (tertiary/aromatic N) is 2. The molecule has 1 saturated heterocycles. The number of hydrogen-bond donors (Lipinski definition) is 2. The topological polar surface area (TPSA) is 80.0 Å². The van der Waals surface area contributed by atoms with Crippen molar-refractivity contribution in [1.82, 2.24) is 20.8 Å². The summed E-state index contributed by atoms with van der Waals surface area (Å²) < 4.78 is 32.1. The summed E-state index contributed by atoms with van der Waals surface area (Å²) >= 11 is 0. The lowest BCUT2D eigenvalue weighted by Gasteiger charge is -2.33. The highest BCUT2D eigenvalue weighted by atomic mass is 19.2. The first-order valence-electron chi connectivity index (χ1n) is 9.27. The van der Waals surface area contributed by atoms with Crippen molar-refractivity contribution in [2.75, 3.05) is 13.1 Å². The molecule has 2 unspecified atom stereocenters. The Kier molecular flexibility index (Phi) is 5.04. The number of amides is 1. The maximum Gasteiger partial charge on any atom is 0.257 e. The molecule has 0 aliphatic carbocycles. The molecule has 1 aliphatic heterocycles. The van der Waals surface area contributed by atoms with Gasteiger partial charge in [0.15, 0.2) is 11.6 Å². The number of carbonyl (C=O) groups excluding carboxylic acids is 1. The molecular weight excluding hydrogens is 366 g/mol. The number of benzene rings is 1. The van der Waals surface area contributed by atoms with Gasteiger partial charge in [0.2, 0.25) is 0 Å². The number of fused-ring (bicyclic) bond motifs is 1. The maximum atomic E-state index is 13.7. The molecule has 3 heterocycles. The standard InChI is InChI=1S/C20H20F2N4O2/c1-2-17-14-7-12(9-24-20(14)28-26-17)19(27)25-18-10-23-6-5-13(18)11-3-4-15(21)16(22)8-11/h3-4,7-9,13,18,23H,2,5-6,10H2,1H3,(H,25,27). The number of rotatable bonds is 4. The van der Waals surface area contributed by atoms with E-state index in [1.54, 1.807) is 12.1 Å². The van der Waals surface area contributed by atoms with Gasteiger partial charge in [-0.2, -0.15) is 0 Å². The van der Waals surface area contributed by atoms with Crippen molar-refractivity contribution < 1.29 is 18.1 Å². The molecule has 28 heavy (non-hydrogen) atoms. The number of halogens is 2. The minimum absolute atomic E-state index is 0.112. The van der Waals surface area contributed by atoms with Gasteiger partial charge in [-0.1, -0.05) is 18.1 Å². The van der Waals surface area contributed by atoms with Gasteiger partial charge in [0.05, 0.1) is 16.6 Å². The molecule has 0 spiro atoms. The summed E-state index contributed by atoms with van der Waals surface area (Å²) in [5, 5.41) is 10.9. The monoisotopic (exact) mass is 386 g/mol. The van der Waals surface area contributed by atoms with Gasteiger partial charge < -0.3 is 15.2 Å². The van der Waals surface area contributed by atoms with Gasteiger partial charge in [0.25, 0.3) is 11.6 Å². The number of hydrogen-bond acceptors (Lipinski definition) is 5. The van der Waals surface area contributed by atoms with Gasteiger partial charge in [-0.25, -0.2) is 13.8 Å². The summed E-state index contributed by atoms with van der Waals surface area (Å²) in [5.41, 5.74) is 2.22. The fourth-order valence-electron chi connectivity index (χ4n) is 3.66. The molecule has 0 radical (unpaired) electrons. The van der Waals surface area contributed by atoms with Crippen LogP contribution in [0.5, 0.6) is 0 Å². The first kappa shape index (κ1) is 18.5. The van der Waals surface area contributed by atoms with Crippen LogP contribution in [0.15, 0.2) is 35.0 Å². The van der Waals surface area contributed by atoms with Gasteiger partial charge in [-0.05, 0) is 43.1 Å². The summed E-state index contributed by atoms with van der Waals surface area (Å²) in [6.07, 6.45) is 2.83. The van der Waals surface area contributed by atoms with E-state index in [1.165, 1.54) is 12.3 Å². The van der Waals surface area contributed by atoms with Crippen molar-refractivity contribution >= 4 is 17.0 Å². The lowest BCUT2D eigenvalue weighted by atomic mass is 9.86. The van der Waals surface area contributed by atoms with E-state index in [0.717, 1.165) is 18.3 Å². The van der Waals surface area contributed by atoms with Crippen LogP contribution in [-0.4, -0.2) is 35.2 Å². The number of aryl methyl sites for hydroxylation is 1. The highest BCUT2D eigenvalue weighted by Crippen LogP contribution is 2.27. The summed E-state index contributed by atoms with van der Waals surface area (Å²) in [4.78, 5) is 17.0. The van der Waals surface area contributed by atoms with Gasteiger partial charge in [0, 0.05) is 24.7 Å². The molecule has 1 fully saturated rings. The van der Waals surface area contributed by atoms with Crippen LogP contribution in [-0.2, 0) is 6.42 Å². The zero-order chi connectivity index (χ0) is 19.7. The average Bonchev–Trinajstić information content (AvgIpc) is 3.13. The number of piperidine rings is 1. The summed E-state index contributed by atoms with van der Waals surface area (Å²) in [7, 11) is 0. The van der Waals surface area contributed by atoms with E-state index in [4.69, 9.17) is 4.52 Å². The van der Waals surface area contributed by atoms with Crippen LogP contribution in [0.4, 0.5) is 8.78 Å². The van der Waals surface area contributed by atoms with E-state index in [1.807, 2.05) is 6.92 Å². The van der Waals surface area contributed by atoms with Gasteiger partial charge in [0.1, 0.15) is 0 Å². The molecular formula is C20H20F2N4O2. The quantitative estimate of drug-likeness (QED) is 0.721. The van der Waals surface area contributed by atoms with Gasteiger partial charge in [-0.15, -0.1) is 0 Å². The molecule has 2 atom stereocenters. The Balaban J connectivity index is 1.57. The second-order valence-corrected chi connectivity index (χ2v) is 6.91. The molecule has 6 nitrogen and oxygen atoms in total. The average molecular weight is 386 g/mol. The number of carbonyl (C=O) groups is 1. The van der Waals surface area contributed by atoms with Crippen molar-refractivity contribution in [2.45, 2.75) is 31.7 Å². The highest BCUT2D eigenvalue weighted by molar-refractivity contribution is 5.97. The molecule has 1 aromatic carbocycles. The van der Waals surface area contributed by atoms with Crippen molar-refractivity contribution in [1.29, 1.82) is 0 Å². The predicted octanol–water partition coefficient (Wildman–Crippen LogP) is 2.94. The van der Waals surface area contributed by atoms with E-state index in [2.05, 4.69) is 20.8 Å². The van der Waals surface area contributed by atoms with Crippen molar-refractivity contribution in [3.05, 3.63) is 58.9 Å².